The fraction of sp³-hybridized carbons (Fsp3) is 0.500. The van der Waals surface area contributed by atoms with E-state index in [4.69, 9.17) is 14.8 Å². The second-order valence-corrected chi connectivity index (χ2v) is 6.21. The Kier molecular flexibility index (Phi) is 5.92. The molecule has 1 aromatic rings. The van der Waals surface area contributed by atoms with Crippen molar-refractivity contribution in [1.29, 1.82) is 0 Å². The Labute approximate surface area is 119 Å². The number of alkyl halides is 3. The van der Waals surface area contributed by atoms with E-state index in [0.29, 0.717) is 12.1 Å². The summed E-state index contributed by atoms with van der Waals surface area (Å²) < 4.78 is 73.3. The lowest BCUT2D eigenvalue weighted by molar-refractivity contribution is -0.140. The summed E-state index contributed by atoms with van der Waals surface area (Å²) in [6.07, 6.45) is -4.81. The van der Waals surface area contributed by atoms with Crippen molar-refractivity contribution in [3.63, 3.8) is 0 Å². The molecule has 1 aromatic carbocycles. The molecule has 0 fully saturated rings. The highest BCUT2D eigenvalue weighted by Gasteiger charge is 2.37. The summed E-state index contributed by atoms with van der Waals surface area (Å²) in [5.74, 6) is -2.86. The van der Waals surface area contributed by atoms with Gasteiger partial charge in [0.05, 0.1) is 18.8 Å². The van der Waals surface area contributed by atoms with Crippen LogP contribution in [0.4, 0.5) is 17.6 Å². The van der Waals surface area contributed by atoms with Gasteiger partial charge in [-0.15, -0.1) is 0 Å². The molecule has 0 aliphatic rings. The topological polar surface area (TPSA) is 61.5 Å². The van der Waals surface area contributed by atoms with Gasteiger partial charge in [0.15, 0.2) is 0 Å². The van der Waals surface area contributed by atoms with Crippen molar-refractivity contribution in [2.24, 2.45) is 5.73 Å². The van der Waals surface area contributed by atoms with Crippen LogP contribution in [0, 0.1) is 5.82 Å². The van der Waals surface area contributed by atoms with E-state index in [1.54, 1.807) is 13.8 Å². The van der Waals surface area contributed by atoms with Gasteiger partial charge in [0.25, 0.3) is 0 Å². The summed E-state index contributed by atoms with van der Waals surface area (Å²) in [6.45, 7) is 3.19. The third-order valence-corrected chi connectivity index (χ3v) is 4.81. The van der Waals surface area contributed by atoms with E-state index in [0.717, 1.165) is 6.07 Å². The first-order valence-corrected chi connectivity index (χ1v) is 7.78. The Morgan fingerprint density at radius 3 is 2.14 bits per heavy atom. The quantitative estimate of drug-likeness (QED) is 0.631. The maximum Gasteiger partial charge on any atom is 0.419 e. The molecule has 0 bridgehead atoms. The van der Waals surface area contributed by atoms with Gasteiger partial charge < -0.3 is 14.8 Å². The molecule has 0 aliphatic carbocycles. The van der Waals surface area contributed by atoms with Gasteiger partial charge in [0.1, 0.15) is 11.6 Å². The molecule has 0 spiro atoms. The van der Waals surface area contributed by atoms with Gasteiger partial charge in [-0.3, -0.25) is 4.57 Å². The molecule has 120 valence electrons. The van der Waals surface area contributed by atoms with E-state index in [1.807, 2.05) is 0 Å². The van der Waals surface area contributed by atoms with Crippen molar-refractivity contribution in [1.82, 2.24) is 0 Å². The normalized spacial score (nSPS) is 14.2. The molecular formula is C12H16F4NO3P. The summed E-state index contributed by atoms with van der Waals surface area (Å²) in [7, 11) is -3.78. The lowest BCUT2D eigenvalue weighted by Gasteiger charge is -2.23. The van der Waals surface area contributed by atoms with Gasteiger partial charge in [-0.05, 0) is 31.5 Å². The number of nitrogens with two attached hydrogens (primary N) is 1. The van der Waals surface area contributed by atoms with Crippen LogP contribution in [0.15, 0.2) is 18.2 Å². The zero-order valence-corrected chi connectivity index (χ0v) is 12.4. The SMILES string of the molecule is CCOP(=O)(OCC)[C@H](N)c1ccc(C(F)(F)F)c(F)c1. The van der Waals surface area contributed by atoms with Gasteiger partial charge in [0.2, 0.25) is 0 Å². The predicted molar refractivity (Wildman–Crippen MR) is 69.2 cm³/mol. The maximum atomic E-state index is 13.5. The molecule has 0 aromatic heterocycles. The molecule has 2 N–H and O–H groups in total. The minimum absolute atomic E-state index is 0.0358. The average Bonchev–Trinajstić information content (AvgIpc) is 2.36. The zero-order valence-electron chi connectivity index (χ0n) is 11.5. The van der Waals surface area contributed by atoms with E-state index < -0.39 is 30.9 Å². The molecule has 0 saturated carbocycles. The van der Waals surface area contributed by atoms with Crippen molar-refractivity contribution in [3.8, 4) is 0 Å². The van der Waals surface area contributed by atoms with Gasteiger partial charge in [-0.1, -0.05) is 6.07 Å². The number of benzene rings is 1. The first kappa shape index (κ1) is 18.1. The monoisotopic (exact) mass is 329 g/mol. The minimum Gasteiger partial charge on any atom is -0.314 e. The molecule has 0 radical (unpaired) electrons. The molecule has 1 atom stereocenters. The predicted octanol–water partition coefficient (Wildman–Crippen LogP) is 4.07. The number of hydrogen-bond donors (Lipinski definition) is 1. The first-order chi connectivity index (χ1) is 9.65. The van der Waals surface area contributed by atoms with E-state index >= 15 is 0 Å². The second kappa shape index (κ2) is 6.87. The van der Waals surface area contributed by atoms with Crippen LogP contribution in [0.25, 0.3) is 0 Å². The summed E-state index contributed by atoms with van der Waals surface area (Å²) in [5.41, 5.74) is 4.21. The summed E-state index contributed by atoms with van der Waals surface area (Å²) in [4.78, 5) is 0. The molecule has 0 unspecified atom stereocenters. The lowest BCUT2D eigenvalue weighted by atomic mass is 10.1. The molecular weight excluding hydrogens is 313 g/mol. The Hall–Kier alpha value is -0.950. The van der Waals surface area contributed by atoms with Crippen LogP contribution in [-0.2, 0) is 19.8 Å². The summed E-state index contributed by atoms with van der Waals surface area (Å²) >= 11 is 0. The van der Waals surface area contributed by atoms with Crippen LogP contribution >= 0.6 is 7.60 Å². The molecule has 21 heavy (non-hydrogen) atoms. The van der Waals surface area contributed by atoms with Crippen molar-refractivity contribution in [2.75, 3.05) is 13.2 Å². The smallest absolute Gasteiger partial charge is 0.314 e. The molecule has 4 nitrogen and oxygen atoms in total. The summed E-state index contributed by atoms with van der Waals surface area (Å²) in [6, 6.07) is 2.10. The molecule has 0 saturated heterocycles. The average molecular weight is 329 g/mol. The van der Waals surface area contributed by atoms with Crippen molar-refractivity contribution < 1.29 is 31.2 Å². The highest BCUT2D eigenvalue weighted by Crippen LogP contribution is 2.58. The highest BCUT2D eigenvalue weighted by atomic mass is 31.2. The van der Waals surface area contributed by atoms with Gasteiger partial charge in [-0.2, -0.15) is 13.2 Å². The highest BCUT2D eigenvalue weighted by molar-refractivity contribution is 7.54. The van der Waals surface area contributed by atoms with E-state index in [-0.39, 0.29) is 18.8 Å². The zero-order chi connectivity index (χ0) is 16.3. The van der Waals surface area contributed by atoms with Crippen LogP contribution < -0.4 is 5.73 Å². The van der Waals surface area contributed by atoms with Crippen LogP contribution in [0.1, 0.15) is 30.8 Å². The fourth-order valence-corrected chi connectivity index (χ4v) is 3.33. The van der Waals surface area contributed by atoms with Crippen molar-refractivity contribution >= 4 is 7.60 Å². The van der Waals surface area contributed by atoms with Crippen LogP contribution in [0.2, 0.25) is 0 Å². The maximum absolute atomic E-state index is 13.5. The van der Waals surface area contributed by atoms with Crippen molar-refractivity contribution in [2.45, 2.75) is 25.8 Å². The molecule has 9 heteroatoms. The van der Waals surface area contributed by atoms with E-state index in [2.05, 4.69) is 0 Å². The Morgan fingerprint density at radius 2 is 1.76 bits per heavy atom. The lowest BCUT2D eigenvalue weighted by Crippen LogP contribution is -2.16. The van der Waals surface area contributed by atoms with E-state index in [9.17, 15) is 22.1 Å². The number of halogens is 4. The third kappa shape index (κ3) is 4.26. The number of rotatable bonds is 6. The molecule has 0 amide bonds. The van der Waals surface area contributed by atoms with Gasteiger partial charge in [0, 0.05) is 0 Å². The standard InChI is InChI=1S/C12H16F4NO3P/c1-3-19-21(18,20-4-2)11(17)8-5-6-9(10(13)7-8)12(14,15)16/h5-7,11H,3-4,17H2,1-2H3/t11-/m0/s1. The Bertz CT molecular complexity index is 526. The Morgan fingerprint density at radius 1 is 1.24 bits per heavy atom. The second-order valence-electron chi connectivity index (χ2n) is 4.06. The van der Waals surface area contributed by atoms with Crippen LogP contribution in [0.5, 0.6) is 0 Å². The first-order valence-electron chi connectivity index (χ1n) is 6.16. The minimum atomic E-state index is -4.81. The molecule has 1 rings (SSSR count). The molecule has 0 aliphatic heterocycles. The third-order valence-electron chi connectivity index (χ3n) is 2.60. The number of hydrogen-bond acceptors (Lipinski definition) is 4. The Balaban J connectivity index is 3.15. The van der Waals surface area contributed by atoms with Crippen LogP contribution in [0.3, 0.4) is 0 Å². The fourth-order valence-electron chi connectivity index (χ4n) is 1.69. The summed E-state index contributed by atoms with van der Waals surface area (Å²) in [5, 5.41) is 0. The molecule has 0 heterocycles. The van der Waals surface area contributed by atoms with Gasteiger partial charge >= 0.3 is 13.8 Å². The van der Waals surface area contributed by atoms with E-state index in [1.165, 1.54) is 0 Å². The van der Waals surface area contributed by atoms with Crippen LogP contribution in [-0.4, -0.2) is 13.2 Å². The largest absolute Gasteiger partial charge is 0.419 e. The van der Waals surface area contributed by atoms with Gasteiger partial charge in [-0.25, -0.2) is 4.39 Å². The van der Waals surface area contributed by atoms with Crippen molar-refractivity contribution in [3.05, 3.63) is 35.1 Å².